The smallest absolute Gasteiger partial charge is 0.338 e. The highest BCUT2D eigenvalue weighted by molar-refractivity contribution is 6.35. The highest BCUT2D eigenvalue weighted by Crippen LogP contribution is 2.35. The zero-order valence-electron chi connectivity index (χ0n) is 17.5. The van der Waals surface area contributed by atoms with E-state index >= 15 is 0 Å². The number of carbonyl (C=O) groups is 1. The van der Waals surface area contributed by atoms with Crippen molar-refractivity contribution in [1.82, 2.24) is 20.2 Å². The molecule has 2 heterocycles. The van der Waals surface area contributed by atoms with Crippen molar-refractivity contribution < 1.29 is 14.3 Å². The van der Waals surface area contributed by atoms with Crippen LogP contribution in [0.4, 0.5) is 5.95 Å². The van der Waals surface area contributed by atoms with Gasteiger partial charge in [-0.2, -0.15) is 4.68 Å². The second-order valence-corrected chi connectivity index (χ2v) is 8.02. The maximum atomic E-state index is 12.8. The number of rotatable bonds is 7. The largest absolute Gasteiger partial charge is 0.489 e. The lowest BCUT2D eigenvalue weighted by Crippen LogP contribution is -2.29. The SMILES string of the molecule is CCCOC(=O)C1=C(C)Nc2nnnn2C1c1ccc(OCc2c(Cl)cccc2Cl)cc1. The molecule has 166 valence electrons. The highest BCUT2D eigenvalue weighted by Gasteiger charge is 2.34. The Bertz CT molecular complexity index is 1140. The summed E-state index contributed by atoms with van der Waals surface area (Å²) >= 11 is 12.4. The van der Waals surface area contributed by atoms with E-state index in [4.69, 9.17) is 32.7 Å². The molecule has 1 N–H and O–H groups in total. The molecule has 1 atom stereocenters. The first-order valence-corrected chi connectivity index (χ1v) is 10.8. The Morgan fingerprint density at radius 2 is 1.88 bits per heavy atom. The molecule has 1 aliphatic heterocycles. The summed E-state index contributed by atoms with van der Waals surface area (Å²) in [6.45, 7) is 4.32. The summed E-state index contributed by atoms with van der Waals surface area (Å²) in [7, 11) is 0. The second-order valence-electron chi connectivity index (χ2n) is 7.21. The van der Waals surface area contributed by atoms with Gasteiger partial charge in [0.25, 0.3) is 0 Å². The molecule has 1 unspecified atom stereocenters. The van der Waals surface area contributed by atoms with Crippen molar-refractivity contribution in [2.75, 3.05) is 11.9 Å². The molecule has 0 saturated heterocycles. The van der Waals surface area contributed by atoms with Gasteiger partial charge in [-0.3, -0.25) is 0 Å². The first kappa shape index (κ1) is 22.1. The normalized spacial score (nSPS) is 15.2. The number of allylic oxidation sites excluding steroid dienone is 1. The summed E-state index contributed by atoms with van der Waals surface area (Å²) in [6, 6.07) is 12.2. The van der Waals surface area contributed by atoms with Crippen molar-refractivity contribution in [3.8, 4) is 5.75 Å². The van der Waals surface area contributed by atoms with Crippen LogP contribution in [0, 0.1) is 0 Å². The van der Waals surface area contributed by atoms with Gasteiger partial charge in [-0.05, 0) is 53.6 Å². The Kier molecular flexibility index (Phi) is 6.62. The number of hydrogen-bond acceptors (Lipinski definition) is 7. The van der Waals surface area contributed by atoms with Crippen LogP contribution < -0.4 is 10.1 Å². The maximum absolute atomic E-state index is 12.8. The minimum Gasteiger partial charge on any atom is -0.489 e. The molecule has 2 aromatic carbocycles. The summed E-state index contributed by atoms with van der Waals surface area (Å²) in [5.74, 6) is 0.677. The van der Waals surface area contributed by atoms with E-state index in [9.17, 15) is 4.79 Å². The van der Waals surface area contributed by atoms with E-state index in [1.807, 2.05) is 31.2 Å². The second kappa shape index (κ2) is 9.58. The van der Waals surface area contributed by atoms with Crippen LogP contribution in [0.25, 0.3) is 0 Å². The predicted octanol–water partition coefficient (Wildman–Crippen LogP) is 4.80. The van der Waals surface area contributed by atoms with E-state index in [0.29, 0.717) is 39.6 Å². The molecule has 10 heteroatoms. The monoisotopic (exact) mass is 473 g/mol. The van der Waals surface area contributed by atoms with Crippen molar-refractivity contribution in [2.24, 2.45) is 0 Å². The molecule has 3 aromatic rings. The number of ether oxygens (including phenoxy) is 2. The molecule has 0 amide bonds. The van der Waals surface area contributed by atoms with E-state index in [1.54, 1.807) is 29.8 Å². The van der Waals surface area contributed by atoms with E-state index < -0.39 is 12.0 Å². The summed E-state index contributed by atoms with van der Waals surface area (Å²) in [5, 5.41) is 16.0. The number of carbonyl (C=O) groups excluding carboxylic acids is 1. The third-order valence-electron chi connectivity index (χ3n) is 5.01. The zero-order valence-corrected chi connectivity index (χ0v) is 19.0. The summed E-state index contributed by atoms with van der Waals surface area (Å²) in [4.78, 5) is 12.8. The van der Waals surface area contributed by atoms with Gasteiger partial charge in [-0.15, -0.1) is 0 Å². The highest BCUT2D eigenvalue weighted by atomic mass is 35.5. The maximum Gasteiger partial charge on any atom is 0.338 e. The Balaban J connectivity index is 1.59. The molecule has 8 nitrogen and oxygen atoms in total. The van der Waals surface area contributed by atoms with Crippen LogP contribution in [0.1, 0.15) is 37.4 Å². The van der Waals surface area contributed by atoms with E-state index in [2.05, 4.69) is 20.8 Å². The number of fused-ring (bicyclic) bond motifs is 1. The van der Waals surface area contributed by atoms with Gasteiger partial charge in [-0.25, -0.2) is 4.79 Å². The fourth-order valence-corrected chi connectivity index (χ4v) is 3.94. The number of aromatic nitrogens is 4. The standard InChI is InChI=1S/C22H21Cl2N5O3/c1-3-11-31-21(30)19-13(2)25-22-26-27-28-29(22)20(19)14-7-9-15(10-8-14)32-12-16-17(23)5-4-6-18(16)24/h4-10,20H,3,11-12H2,1-2H3,(H,25,26,28). The number of nitrogens with one attached hydrogen (secondary N) is 1. The molecule has 0 aliphatic carbocycles. The van der Waals surface area contributed by atoms with Crippen LogP contribution in [0.5, 0.6) is 5.75 Å². The lowest BCUT2D eigenvalue weighted by atomic mass is 9.96. The minimum atomic E-state index is -0.530. The lowest BCUT2D eigenvalue weighted by molar-refractivity contribution is -0.139. The number of hydrogen-bond donors (Lipinski definition) is 1. The van der Waals surface area contributed by atoms with Crippen LogP contribution in [-0.4, -0.2) is 32.8 Å². The zero-order chi connectivity index (χ0) is 22.7. The summed E-state index contributed by atoms with van der Waals surface area (Å²) < 4.78 is 12.8. The molecule has 0 spiro atoms. The third kappa shape index (κ3) is 4.42. The van der Waals surface area contributed by atoms with E-state index in [0.717, 1.165) is 17.5 Å². The van der Waals surface area contributed by atoms with Crippen LogP contribution >= 0.6 is 23.2 Å². The predicted molar refractivity (Wildman–Crippen MR) is 121 cm³/mol. The number of halogens is 2. The van der Waals surface area contributed by atoms with Crippen LogP contribution in [0.2, 0.25) is 10.0 Å². The van der Waals surface area contributed by atoms with Gasteiger partial charge in [0.05, 0.1) is 12.2 Å². The van der Waals surface area contributed by atoms with E-state index in [1.165, 1.54) is 0 Å². The van der Waals surface area contributed by atoms with E-state index in [-0.39, 0.29) is 6.61 Å². The van der Waals surface area contributed by atoms with Gasteiger partial charge in [0.1, 0.15) is 18.4 Å². The van der Waals surface area contributed by atoms with Crippen molar-refractivity contribution in [3.05, 3.63) is 74.9 Å². The molecular formula is C22H21Cl2N5O3. The average Bonchev–Trinajstić information content (AvgIpc) is 3.24. The minimum absolute atomic E-state index is 0.232. The van der Waals surface area contributed by atoms with Crippen molar-refractivity contribution in [3.63, 3.8) is 0 Å². The molecule has 0 bridgehead atoms. The number of nitrogens with zero attached hydrogens (tertiary/aromatic N) is 4. The fraction of sp³-hybridized carbons (Fsp3) is 0.273. The first-order valence-electron chi connectivity index (χ1n) is 10.1. The Labute approximate surface area is 195 Å². The molecular weight excluding hydrogens is 453 g/mol. The number of tetrazole rings is 1. The summed E-state index contributed by atoms with van der Waals surface area (Å²) in [6.07, 6.45) is 0.730. The van der Waals surface area contributed by atoms with Crippen molar-refractivity contribution in [1.29, 1.82) is 0 Å². The molecule has 0 saturated carbocycles. The van der Waals surface area contributed by atoms with Crippen molar-refractivity contribution in [2.45, 2.75) is 32.9 Å². The summed E-state index contributed by atoms with van der Waals surface area (Å²) in [5.41, 5.74) is 2.63. The first-order chi connectivity index (χ1) is 15.5. The third-order valence-corrected chi connectivity index (χ3v) is 5.72. The topological polar surface area (TPSA) is 91.2 Å². The number of esters is 1. The Hall–Kier alpha value is -3.10. The van der Waals surface area contributed by atoms with Crippen LogP contribution in [0.15, 0.2) is 53.7 Å². The molecule has 4 rings (SSSR count). The van der Waals surface area contributed by atoms with Crippen LogP contribution in [0.3, 0.4) is 0 Å². The van der Waals surface area contributed by atoms with Gasteiger partial charge >= 0.3 is 5.97 Å². The fourth-order valence-electron chi connectivity index (χ4n) is 3.43. The number of anilines is 1. The average molecular weight is 474 g/mol. The van der Waals surface area contributed by atoms with Gasteiger partial charge in [0.2, 0.25) is 5.95 Å². The van der Waals surface area contributed by atoms with Gasteiger partial charge < -0.3 is 14.8 Å². The lowest BCUT2D eigenvalue weighted by Gasteiger charge is -2.27. The van der Waals surface area contributed by atoms with Crippen molar-refractivity contribution >= 4 is 35.1 Å². The molecule has 32 heavy (non-hydrogen) atoms. The molecule has 0 fully saturated rings. The molecule has 1 aromatic heterocycles. The quantitative estimate of drug-likeness (QED) is 0.492. The Morgan fingerprint density at radius 3 is 2.56 bits per heavy atom. The molecule has 0 radical (unpaired) electrons. The van der Waals surface area contributed by atoms with Gasteiger partial charge in [0, 0.05) is 21.3 Å². The number of benzene rings is 2. The Morgan fingerprint density at radius 1 is 1.16 bits per heavy atom. The molecule has 1 aliphatic rings. The van der Waals surface area contributed by atoms with Crippen LogP contribution in [-0.2, 0) is 16.1 Å². The van der Waals surface area contributed by atoms with Gasteiger partial charge in [0.15, 0.2) is 0 Å². The van der Waals surface area contributed by atoms with Gasteiger partial charge in [-0.1, -0.05) is 53.4 Å².